The monoisotopic (exact) mass is 726 g/mol. The van der Waals surface area contributed by atoms with Gasteiger partial charge in [0.2, 0.25) is 0 Å². The fourth-order valence-electron chi connectivity index (χ4n) is 8.38. The summed E-state index contributed by atoms with van der Waals surface area (Å²) in [6.07, 6.45) is 11.4. The lowest BCUT2D eigenvalue weighted by Gasteiger charge is -2.50. The van der Waals surface area contributed by atoms with Crippen LogP contribution < -0.4 is 14.4 Å². The number of halogens is 1. The van der Waals surface area contributed by atoms with E-state index in [1.165, 1.54) is 37.1 Å². The van der Waals surface area contributed by atoms with Gasteiger partial charge in [-0.1, -0.05) is 43.7 Å². The molecule has 10 heteroatoms. The summed E-state index contributed by atoms with van der Waals surface area (Å²) in [6.45, 7) is 11.4. The van der Waals surface area contributed by atoms with Gasteiger partial charge < -0.3 is 24.5 Å². The van der Waals surface area contributed by atoms with Crippen LogP contribution >= 0.6 is 11.6 Å². The van der Waals surface area contributed by atoms with Gasteiger partial charge in [-0.15, -0.1) is 0 Å². The molecule has 3 heterocycles. The summed E-state index contributed by atoms with van der Waals surface area (Å²) in [5.74, 6) is 2.77. The van der Waals surface area contributed by atoms with Gasteiger partial charge in [0.15, 0.2) is 0 Å². The van der Waals surface area contributed by atoms with Crippen LogP contribution in [-0.4, -0.2) is 97.4 Å². The number of ether oxygens (including phenoxy) is 1. The minimum Gasteiger partial charge on any atom is -0.490 e. The molecule has 1 saturated carbocycles. The lowest BCUT2D eigenvalue weighted by Crippen LogP contribution is -2.65. The van der Waals surface area contributed by atoms with Gasteiger partial charge >= 0.3 is 0 Å². The van der Waals surface area contributed by atoms with E-state index in [2.05, 4.69) is 85.6 Å². The average Bonchev–Trinajstić information content (AvgIpc) is 3.21. The maximum absolute atomic E-state index is 13.2. The van der Waals surface area contributed by atoms with E-state index in [1.807, 2.05) is 18.2 Å². The number of hydrogen-bond acceptors (Lipinski definition) is 7. The topological polar surface area (TPSA) is 85.4 Å². The first-order valence-corrected chi connectivity index (χ1v) is 20.0. The normalized spacial score (nSPS) is 31.0. The second-order valence-electron chi connectivity index (χ2n) is 15.9. The number of likely N-dealkylation sites (N-methyl/N-ethyl adjacent to an activating group) is 2. The quantitative estimate of drug-likeness (QED) is 0.333. The van der Waals surface area contributed by atoms with Crippen LogP contribution in [0, 0.1) is 23.7 Å². The molecule has 2 bridgehead atoms. The number of anilines is 1. The van der Waals surface area contributed by atoms with Crippen molar-refractivity contribution in [1.82, 2.24) is 14.5 Å². The Kier molecular flexibility index (Phi) is 12.8. The number of benzene rings is 2. The zero-order valence-corrected chi connectivity index (χ0v) is 32.8. The number of aryl methyl sites for hydroxylation is 1. The summed E-state index contributed by atoms with van der Waals surface area (Å²) < 4.78 is 22.2. The van der Waals surface area contributed by atoms with Crippen LogP contribution in [0.1, 0.15) is 74.4 Å². The Labute approximate surface area is 308 Å². The van der Waals surface area contributed by atoms with Crippen LogP contribution in [0.2, 0.25) is 5.02 Å². The molecule has 2 N–H and O–H groups in total. The van der Waals surface area contributed by atoms with Crippen LogP contribution in [0.5, 0.6) is 5.75 Å². The number of aliphatic hydroxyl groups excluding tert-OH is 1. The summed E-state index contributed by atoms with van der Waals surface area (Å²) in [5, 5.41) is 7.79. The third-order valence-electron chi connectivity index (χ3n) is 12.0. The number of nitrogens with one attached hydrogen (secondary N) is 1. The third-order valence-corrected chi connectivity index (χ3v) is 13.5. The lowest BCUT2D eigenvalue weighted by atomic mass is 9.69. The Morgan fingerprint density at radius 3 is 2.46 bits per heavy atom. The summed E-state index contributed by atoms with van der Waals surface area (Å²) in [7, 11) is 6.01. The highest BCUT2D eigenvalue weighted by molar-refractivity contribution is 7.83. The summed E-state index contributed by atoms with van der Waals surface area (Å²) in [5.41, 5.74) is 4.50. The Hall–Kier alpha value is -2.43. The number of amides is 1. The molecule has 5 aliphatic rings. The van der Waals surface area contributed by atoms with Crippen molar-refractivity contribution in [1.29, 1.82) is 0 Å². The van der Waals surface area contributed by atoms with Gasteiger partial charge in [0.1, 0.15) is 16.7 Å². The number of nitrogens with zero attached hydrogens (tertiary/aromatic N) is 3. The number of carbonyl (C=O) groups excluding carboxylic acids is 1. The van der Waals surface area contributed by atoms with E-state index >= 15 is 0 Å². The summed E-state index contributed by atoms with van der Waals surface area (Å²) in [4.78, 5) is 20.3. The number of fused-ring (bicyclic) bond motifs is 4. The van der Waals surface area contributed by atoms with Gasteiger partial charge in [-0.3, -0.25) is 9.52 Å². The molecule has 3 aliphatic heterocycles. The van der Waals surface area contributed by atoms with Crippen molar-refractivity contribution in [2.24, 2.45) is 23.7 Å². The maximum Gasteiger partial charge on any atom is 0.263 e. The Morgan fingerprint density at radius 1 is 1.06 bits per heavy atom. The second kappa shape index (κ2) is 16.5. The van der Waals surface area contributed by atoms with Crippen molar-refractivity contribution in [3.63, 3.8) is 0 Å². The Morgan fingerprint density at radius 2 is 1.80 bits per heavy atom. The van der Waals surface area contributed by atoms with E-state index in [1.54, 1.807) is 6.07 Å². The number of allylic oxidation sites excluding steroid dienone is 2. The molecule has 276 valence electrons. The molecule has 1 amide bonds. The number of aliphatic hydroxyl groups is 1. The molecule has 4 unspecified atom stereocenters. The van der Waals surface area contributed by atoms with Gasteiger partial charge in [0.05, 0.1) is 12.3 Å². The van der Waals surface area contributed by atoms with Crippen LogP contribution in [0.25, 0.3) is 0 Å². The van der Waals surface area contributed by atoms with Crippen molar-refractivity contribution in [3.05, 3.63) is 70.3 Å². The van der Waals surface area contributed by atoms with Crippen LogP contribution in [0.4, 0.5) is 5.69 Å². The van der Waals surface area contributed by atoms with E-state index in [9.17, 15) is 9.00 Å². The van der Waals surface area contributed by atoms with Crippen molar-refractivity contribution >= 4 is 34.2 Å². The van der Waals surface area contributed by atoms with Crippen LogP contribution in [-0.2, 0) is 22.8 Å². The zero-order valence-electron chi connectivity index (χ0n) is 31.2. The molecule has 2 aromatic carbocycles. The van der Waals surface area contributed by atoms with E-state index in [0.717, 1.165) is 62.3 Å². The van der Waals surface area contributed by atoms with Gasteiger partial charge in [-0.2, -0.15) is 0 Å². The minimum atomic E-state index is -1.43. The fourth-order valence-corrected chi connectivity index (χ4v) is 9.76. The van der Waals surface area contributed by atoms with Crippen LogP contribution in [0.15, 0.2) is 48.6 Å². The van der Waals surface area contributed by atoms with Gasteiger partial charge in [0, 0.05) is 60.6 Å². The highest BCUT2D eigenvalue weighted by Gasteiger charge is 2.43. The van der Waals surface area contributed by atoms with Crippen molar-refractivity contribution in [3.8, 4) is 5.75 Å². The van der Waals surface area contributed by atoms with E-state index in [-0.39, 0.29) is 17.2 Å². The molecule has 7 rings (SSSR count). The number of rotatable bonds is 1. The van der Waals surface area contributed by atoms with Gasteiger partial charge in [0.25, 0.3) is 5.91 Å². The van der Waals surface area contributed by atoms with E-state index < -0.39 is 11.0 Å². The first kappa shape index (κ1) is 38.8. The largest absolute Gasteiger partial charge is 0.490 e. The molecule has 0 aromatic heterocycles. The molecule has 6 atom stereocenters. The predicted octanol–water partition coefficient (Wildman–Crippen LogP) is 6.33. The summed E-state index contributed by atoms with van der Waals surface area (Å²) in [6, 6.07) is 12.0. The second-order valence-corrected chi connectivity index (χ2v) is 17.6. The molecule has 2 fully saturated rings. The van der Waals surface area contributed by atoms with Gasteiger partial charge in [-0.25, -0.2) is 4.21 Å². The lowest BCUT2D eigenvalue weighted by molar-refractivity contribution is 0.00182. The predicted molar refractivity (Wildman–Crippen MR) is 207 cm³/mol. The number of carbonyl (C=O) groups is 1. The summed E-state index contributed by atoms with van der Waals surface area (Å²) >= 11 is 6.40. The highest BCUT2D eigenvalue weighted by Crippen LogP contribution is 2.46. The molecule has 1 saturated heterocycles. The van der Waals surface area contributed by atoms with Crippen molar-refractivity contribution in [2.45, 2.75) is 70.3 Å². The molecule has 50 heavy (non-hydrogen) atoms. The third kappa shape index (κ3) is 8.60. The van der Waals surface area contributed by atoms with Crippen LogP contribution in [0.3, 0.4) is 0 Å². The molecule has 1 spiro atoms. The molecule has 2 aromatic rings. The zero-order chi connectivity index (χ0) is 36.2. The van der Waals surface area contributed by atoms with Crippen molar-refractivity contribution in [2.75, 3.05) is 71.7 Å². The SMILES string of the molecule is CC1CS(=O)NC(=O)c2ccc3c(c2)N(CC2CCC2C/C=C/[C@@H]1C)C[C@@]1(CCCc2cc(Cl)ccc21)CO3.CN1CC(C)(N(C)C)C1.CO. The first-order chi connectivity index (χ1) is 23.9. The number of hydrogen-bond donors (Lipinski definition) is 2. The van der Waals surface area contributed by atoms with E-state index in [4.69, 9.17) is 21.4 Å². The number of likely N-dealkylation sites (tertiary alicyclic amines) is 1. The molecular formula is C40H59ClN4O4S. The Bertz CT molecular complexity index is 1550. The van der Waals surface area contributed by atoms with E-state index in [0.29, 0.717) is 41.2 Å². The molecule has 0 radical (unpaired) electrons. The fraction of sp³-hybridized carbons (Fsp3) is 0.625. The van der Waals surface area contributed by atoms with Gasteiger partial charge in [-0.05, 0) is 132 Å². The molecule has 2 aliphatic carbocycles. The highest BCUT2D eigenvalue weighted by atomic mass is 35.5. The smallest absolute Gasteiger partial charge is 0.263 e. The first-order valence-electron chi connectivity index (χ1n) is 18.3. The van der Waals surface area contributed by atoms with Crippen molar-refractivity contribution < 1.29 is 18.8 Å². The Balaban J connectivity index is 0.000000382. The average molecular weight is 727 g/mol. The minimum absolute atomic E-state index is 0.132. The molecular weight excluding hydrogens is 668 g/mol. The maximum atomic E-state index is 13.2. The molecule has 8 nitrogen and oxygen atoms in total. The standard InChI is InChI=1S/C32H39ClN2O3S.C7H16N2.CH4O/c1-21-5-3-6-23-8-9-26(23)17-35-19-32(14-4-7-24-15-27(33)11-12-28(24)32)20-38-30-13-10-25(16-29(30)35)31(36)34-39(37)18-22(21)2;1-7(8(2)3)5-9(4)6-7;1-2/h3,5,10-13,15-16,21-23,26H,4,6-9,14,17-20H2,1-2H3,(H,34,36);5-6H2,1-4H3;2H,1H3/b5-3+;;/t21-,22?,23?,26?,32-,39?;;/m0../s1.